The molecule has 0 atom stereocenters. The maximum Gasteiger partial charge on any atom is 0.333 e. The molecule has 2 aromatic rings. The minimum atomic E-state index is -0.618. The first kappa shape index (κ1) is 67.0. The average Bonchev–Trinajstić information content (AvgIpc) is 3.77. The molecule has 6 amide bonds. The zero-order valence-corrected chi connectivity index (χ0v) is 48.3. The lowest BCUT2D eigenvalue weighted by atomic mass is 10.1. The Hall–Kier alpha value is -3.10. The van der Waals surface area contributed by atoms with Crippen LogP contribution in [0.4, 0.5) is 0 Å². The van der Waals surface area contributed by atoms with Crippen LogP contribution in [-0.4, -0.2) is 98.2 Å². The topological polar surface area (TPSA) is 172 Å². The molecule has 0 bridgehead atoms. The van der Waals surface area contributed by atoms with Crippen molar-refractivity contribution in [3.8, 4) is 0 Å². The van der Waals surface area contributed by atoms with E-state index in [-0.39, 0.29) is 36.0 Å². The van der Waals surface area contributed by atoms with Gasteiger partial charge in [0.15, 0.2) is 0 Å². The van der Waals surface area contributed by atoms with Crippen LogP contribution in [0.2, 0.25) is 0 Å². The smallest absolute Gasteiger partial charge is 0.333 e. The highest BCUT2D eigenvalue weighted by Gasteiger charge is 2.28. The molecular weight excluding hydrogens is 1070 g/mol. The number of amides is 6. The van der Waals surface area contributed by atoms with Crippen LogP contribution in [0.5, 0.6) is 0 Å². The normalized spacial score (nSPS) is 12.5. The van der Waals surface area contributed by atoms with Gasteiger partial charge in [0.1, 0.15) is 5.03 Å². The summed E-state index contributed by atoms with van der Waals surface area (Å²) >= 11 is 6.37. The number of pyridine rings is 1. The summed E-state index contributed by atoms with van der Waals surface area (Å²) in [5, 5.41) is 8.62. The molecule has 382 valence electrons. The minimum absolute atomic E-state index is 0.0590. The molecule has 0 saturated heterocycles. The fraction of sp³-hybridized carbons (Fsp3) is 0.551. The molecule has 19 heteroatoms. The van der Waals surface area contributed by atoms with Crippen molar-refractivity contribution in [1.82, 2.24) is 25.6 Å². The fourth-order valence-corrected chi connectivity index (χ4v) is 8.62. The number of nitrogens with one attached hydrogen (secondary N) is 2. The lowest BCUT2D eigenvalue weighted by molar-refractivity contribution is -0.196. The number of carbonyl (C=O) groups is 7. The molecule has 0 aliphatic carbocycles. The van der Waals surface area contributed by atoms with Crippen molar-refractivity contribution < 1.29 is 38.4 Å². The van der Waals surface area contributed by atoms with Gasteiger partial charge in [-0.1, -0.05) is 177 Å². The Balaban J connectivity index is 0. The van der Waals surface area contributed by atoms with Crippen molar-refractivity contribution >= 4 is 116 Å². The fourth-order valence-electron chi connectivity index (χ4n) is 4.04. The molecule has 0 fully saturated rings. The molecule has 68 heavy (non-hydrogen) atoms. The van der Waals surface area contributed by atoms with E-state index in [0.717, 1.165) is 53.2 Å². The van der Waals surface area contributed by atoms with Crippen LogP contribution < -0.4 is 10.6 Å². The Morgan fingerprint density at radius 1 is 0.618 bits per heavy atom. The van der Waals surface area contributed by atoms with Crippen LogP contribution in [0.25, 0.3) is 0 Å². The highest BCUT2D eigenvalue weighted by molar-refractivity contribution is 9.09. The van der Waals surface area contributed by atoms with Gasteiger partial charge in [-0.3, -0.25) is 33.7 Å². The van der Waals surface area contributed by atoms with Crippen molar-refractivity contribution in [2.75, 3.05) is 41.8 Å². The van der Waals surface area contributed by atoms with Crippen LogP contribution in [0.15, 0.2) is 89.0 Å². The van der Waals surface area contributed by atoms with E-state index in [1.54, 1.807) is 27.8 Å². The maximum atomic E-state index is 11.4. The second-order valence-corrected chi connectivity index (χ2v) is 23.4. The van der Waals surface area contributed by atoms with Gasteiger partial charge in [0.05, 0.1) is 11.8 Å². The van der Waals surface area contributed by atoms with Crippen LogP contribution in [0, 0.1) is 35.5 Å². The monoisotopic (exact) mass is 1150 g/mol. The summed E-state index contributed by atoms with van der Waals surface area (Å²) in [6.07, 6.45) is 7.26. The van der Waals surface area contributed by atoms with Gasteiger partial charge in [-0.2, -0.15) is 0 Å². The molecule has 13 nitrogen and oxygen atoms in total. The van der Waals surface area contributed by atoms with Crippen molar-refractivity contribution in [1.29, 1.82) is 0 Å². The van der Waals surface area contributed by atoms with Gasteiger partial charge in [0.2, 0.25) is 11.8 Å². The number of hydroxylamine groups is 2. The van der Waals surface area contributed by atoms with E-state index in [4.69, 9.17) is 0 Å². The van der Waals surface area contributed by atoms with Crippen LogP contribution in [0.1, 0.15) is 95.9 Å². The quantitative estimate of drug-likeness (QED) is 0.0556. The van der Waals surface area contributed by atoms with Crippen LogP contribution >= 0.6 is 75.0 Å². The number of hydrogen-bond acceptors (Lipinski definition) is 13. The number of carbonyl (C=O) groups excluding carboxylic acids is 7. The Morgan fingerprint density at radius 2 is 1.13 bits per heavy atom. The van der Waals surface area contributed by atoms with Crippen LogP contribution in [-0.2, 0) is 38.4 Å². The predicted molar refractivity (Wildman–Crippen MR) is 292 cm³/mol. The number of aromatic nitrogens is 1. The lowest BCUT2D eigenvalue weighted by Gasteiger charge is -2.15. The Kier molecular flexibility index (Phi) is 41.0. The first-order valence-corrected chi connectivity index (χ1v) is 29.4. The second-order valence-electron chi connectivity index (χ2n) is 17.4. The largest absolute Gasteiger partial charge is 0.356 e. The zero-order valence-electron chi connectivity index (χ0n) is 41.8. The van der Waals surface area contributed by atoms with Gasteiger partial charge >= 0.3 is 5.97 Å². The molecule has 2 N–H and O–H groups in total. The molecule has 0 radical (unpaired) electrons. The molecule has 1 aromatic carbocycles. The number of imide groups is 2. The summed E-state index contributed by atoms with van der Waals surface area (Å²) in [6.45, 7) is 26.8. The third-order valence-electron chi connectivity index (χ3n) is 7.32. The lowest BCUT2D eigenvalue weighted by Crippen LogP contribution is -2.33. The van der Waals surface area contributed by atoms with Crippen LogP contribution in [0.3, 0.4) is 0 Å². The van der Waals surface area contributed by atoms with E-state index in [1.807, 2.05) is 67.5 Å². The summed E-state index contributed by atoms with van der Waals surface area (Å²) in [6, 6.07) is 16.3. The number of rotatable bonds is 20. The minimum Gasteiger partial charge on any atom is -0.356 e. The summed E-state index contributed by atoms with van der Waals surface area (Å²) in [7, 11) is 7.07. The number of benzene rings is 1. The van der Waals surface area contributed by atoms with E-state index in [0.29, 0.717) is 41.1 Å². The SMILES string of the molecule is CC(C)CBr.CC(C)CC(=O)ON1C(=O)C=CC1=O.CC(C)CN1C(=O)C=CC1=O.CC(C)CNC(=O)CBr.CC(C)CNC(=O)CCSSc1ccccn1.CC(C)CSSc1ccccc1. The third kappa shape index (κ3) is 39.7. The molecule has 2 aliphatic heterocycles. The standard InChI is InChI=1S/C12H18N2OS2.C10H14S2.C9H11NO4.C8H11NO2.C6H12BrNO.C4H9Br/c1-10(2)9-14-11(15)6-8-16-17-12-5-3-4-7-13-12;1-9(2)8-11-12-10-6-4-3-5-7-10;1-6(2)5-9(13)14-10-7(11)3-4-8(10)12;1-6(2)5-9-7(10)3-4-8(9)11;1-5(2)4-8-6(9)3-7;1-4(2)3-5/h3-5,7,10H,6,8-9H2,1-2H3,(H,14,15);3-7,9H,8H2,1-2H3;3-4,6H,5H2,1-2H3;3-4,6H,5H2,1-2H3;5H,3-4H2,1-2H3,(H,8,9);4H,3H2,1-2H3. The second kappa shape index (κ2) is 41.7. The van der Waals surface area contributed by atoms with E-state index in [1.165, 1.54) is 27.7 Å². The summed E-state index contributed by atoms with van der Waals surface area (Å²) < 4.78 is 0. The molecule has 0 unspecified atom stereocenters. The van der Waals surface area contributed by atoms with Crippen molar-refractivity contribution in [2.45, 2.75) is 106 Å². The van der Waals surface area contributed by atoms with Crippen molar-refractivity contribution in [3.63, 3.8) is 0 Å². The van der Waals surface area contributed by atoms with E-state index in [9.17, 15) is 33.6 Å². The number of hydrogen-bond donors (Lipinski definition) is 2. The van der Waals surface area contributed by atoms with Gasteiger partial charge in [-0.15, -0.1) is 0 Å². The predicted octanol–water partition coefficient (Wildman–Crippen LogP) is 11.2. The Morgan fingerprint density at radius 3 is 1.57 bits per heavy atom. The Bertz CT molecular complexity index is 1770. The van der Waals surface area contributed by atoms with Gasteiger partial charge < -0.3 is 15.5 Å². The summed E-state index contributed by atoms with van der Waals surface area (Å²) in [5.74, 6) is 3.12. The van der Waals surface area contributed by atoms with Gasteiger partial charge in [0, 0.05) is 78.3 Å². The molecule has 4 rings (SSSR count). The van der Waals surface area contributed by atoms with Crippen molar-refractivity contribution in [2.24, 2.45) is 35.5 Å². The average molecular weight is 1150 g/mol. The number of nitrogens with zero attached hydrogens (tertiary/aromatic N) is 3. The molecule has 3 heterocycles. The van der Waals surface area contributed by atoms with Gasteiger partial charge in [0.25, 0.3) is 23.6 Å². The van der Waals surface area contributed by atoms with Gasteiger partial charge in [-0.05, 0) is 70.6 Å². The number of alkyl halides is 2. The highest BCUT2D eigenvalue weighted by Crippen LogP contribution is 2.32. The molecular formula is C49H75Br2N5O8S4. The molecule has 0 saturated carbocycles. The maximum absolute atomic E-state index is 11.4. The van der Waals surface area contributed by atoms with Crippen molar-refractivity contribution in [3.05, 3.63) is 79.0 Å². The summed E-state index contributed by atoms with van der Waals surface area (Å²) in [4.78, 5) is 88.2. The molecule has 0 spiro atoms. The van der Waals surface area contributed by atoms with Gasteiger partial charge in [-0.25, -0.2) is 9.78 Å². The highest BCUT2D eigenvalue weighted by atomic mass is 79.9. The summed E-state index contributed by atoms with van der Waals surface area (Å²) in [5.41, 5.74) is 0. The molecule has 2 aliphatic rings. The molecule has 1 aromatic heterocycles. The first-order chi connectivity index (χ1) is 32.0. The first-order valence-electron chi connectivity index (χ1n) is 22.5. The zero-order chi connectivity index (χ0) is 52.0. The third-order valence-corrected chi connectivity index (χ3v) is 14.1. The Labute approximate surface area is 439 Å². The van der Waals surface area contributed by atoms with E-state index < -0.39 is 17.8 Å². The van der Waals surface area contributed by atoms with E-state index in [2.05, 4.69) is 138 Å². The number of halogens is 2. The van der Waals surface area contributed by atoms with E-state index >= 15 is 0 Å².